The van der Waals surface area contributed by atoms with Gasteiger partial charge < -0.3 is 9.64 Å². The zero-order valence-electron chi connectivity index (χ0n) is 15.0. The Bertz CT molecular complexity index is 912. The Labute approximate surface area is 154 Å². The minimum absolute atomic E-state index is 0.220. The summed E-state index contributed by atoms with van der Waals surface area (Å²) < 4.78 is 5.23. The van der Waals surface area contributed by atoms with Gasteiger partial charge >= 0.3 is 0 Å². The lowest BCUT2D eigenvalue weighted by Crippen LogP contribution is -2.29. The fourth-order valence-corrected chi connectivity index (χ4v) is 3.86. The quantitative estimate of drug-likeness (QED) is 0.701. The molecular formula is C23H23NO2. The molecule has 26 heavy (non-hydrogen) atoms. The van der Waals surface area contributed by atoms with Gasteiger partial charge in [0.2, 0.25) is 5.91 Å². The molecule has 0 N–H and O–H groups in total. The van der Waals surface area contributed by atoms with Crippen LogP contribution in [0.1, 0.15) is 23.5 Å². The second-order valence-corrected chi connectivity index (χ2v) is 6.91. The lowest BCUT2D eigenvalue weighted by Gasteiger charge is -2.17. The predicted octanol–water partition coefficient (Wildman–Crippen LogP) is 4.41. The molecule has 1 aliphatic rings. The average Bonchev–Trinajstić information content (AvgIpc) is 3.19. The molecular weight excluding hydrogens is 322 g/mol. The van der Waals surface area contributed by atoms with E-state index in [9.17, 15) is 4.79 Å². The van der Waals surface area contributed by atoms with E-state index in [1.165, 1.54) is 16.3 Å². The van der Waals surface area contributed by atoms with Crippen molar-refractivity contribution in [2.75, 3.05) is 20.2 Å². The zero-order valence-corrected chi connectivity index (χ0v) is 15.0. The summed E-state index contributed by atoms with van der Waals surface area (Å²) >= 11 is 0. The molecule has 3 heteroatoms. The molecule has 1 heterocycles. The van der Waals surface area contributed by atoms with Crippen molar-refractivity contribution in [1.29, 1.82) is 0 Å². The highest BCUT2D eigenvalue weighted by atomic mass is 16.5. The first-order valence-electron chi connectivity index (χ1n) is 9.13. The zero-order chi connectivity index (χ0) is 17.9. The highest BCUT2D eigenvalue weighted by Crippen LogP contribution is 2.29. The molecule has 0 spiro atoms. The van der Waals surface area contributed by atoms with Crippen LogP contribution < -0.4 is 4.74 Å². The molecule has 132 valence electrons. The molecule has 1 saturated heterocycles. The third-order valence-electron chi connectivity index (χ3n) is 5.35. The summed E-state index contributed by atoms with van der Waals surface area (Å²) in [4.78, 5) is 14.9. The number of likely N-dealkylation sites (tertiary alicyclic amines) is 1. The largest absolute Gasteiger partial charge is 0.497 e. The van der Waals surface area contributed by atoms with Crippen LogP contribution in [0, 0.1) is 0 Å². The van der Waals surface area contributed by atoms with Gasteiger partial charge in [0.05, 0.1) is 13.5 Å². The molecule has 1 fully saturated rings. The maximum atomic E-state index is 12.8. The number of hydrogen-bond donors (Lipinski definition) is 0. The van der Waals surface area contributed by atoms with Crippen molar-refractivity contribution >= 4 is 16.7 Å². The lowest BCUT2D eigenvalue weighted by molar-refractivity contribution is -0.129. The van der Waals surface area contributed by atoms with Crippen molar-refractivity contribution in [3.63, 3.8) is 0 Å². The van der Waals surface area contributed by atoms with Crippen LogP contribution in [-0.2, 0) is 11.2 Å². The van der Waals surface area contributed by atoms with Crippen LogP contribution in [0.5, 0.6) is 5.75 Å². The standard InChI is InChI=1S/C23H23NO2/c1-26-21-11-9-17(10-12-21)20-13-14-24(16-20)23(25)15-19-7-4-6-18-5-2-3-8-22(18)19/h2-12,20H,13-16H2,1H3/t20-/m1/s1. The Morgan fingerprint density at radius 1 is 1.04 bits per heavy atom. The molecule has 0 saturated carbocycles. The monoisotopic (exact) mass is 345 g/mol. The van der Waals surface area contributed by atoms with Gasteiger partial charge in [-0.2, -0.15) is 0 Å². The van der Waals surface area contributed by atoms with Gasteiger partial charge in [-0.05, 0) is 40.5 Å². The van der Waals surface area contributed by atoms with Gasteiger partial charge in [-0.25, -0.2) is 0 Å². The molecule has 0 radical (unpaired) electrons. The number of nitrogens with zero attached hydrogens (tertiary/aromatic N) is 1. The first kappa shape index (κ1) is 16.6. The van der Waals surface area contributed by atoms with Crippen LogP contribution >= 0.6 is 0 Å². The van der Waals surface area contributed by atoms with E-state index >= 15 is 0 Å². The average molecular weight is 345 g/mol. The van der Waals surface area contributed by atoms with Crippen LogP contribution in [0.4, 0.5) is 0 Å². The minimum atomic E-state index is 0.220. The molecule has 0 aromatic heterocycles. The molecule has 0 aliphatic carbocycles. The molecule has 3 aromatic rings. The maximum Gasteiger partial charge on any atom is 0.227 e. The summed E-state index contributed by atoms with van der Waals surface area (Å²) in [5.41, 5.74) is 2.40. The third kappa shape index (κ3) is 3.30. The van der Waals surface area contributed by atoms with Gasteiger partial charge in [-0.3, -0.25) is 4.79 Å². The van der Waals surface area contributed by atoms with Crippen molar-refractivity contribution in [2.24, 2.45) is 0 Å². The third-order valence-corrected chi connectivity index (χ3v) is 5.35. The molecule has 1 amide bonds. The van der Waals surface area contributed by atoms with E-state index < -0.39 is 0 Å². The molecule has 3 nitrogen and oxygen atoms in total. The topological polar surface area (TPSA) is 29.5 Å². The van der Waals surface area contributed by atoms with Crippen molar-refractivity contribution in [3.8, 4) is 5.75 Å². The van der Waals surface area contributed by atoms with E-state index in [1.807, 2.05) is 35.2 Å². The molecule has 0 unspecified atom stereocenters. The molecule has 3 aromatic carbocycles. The number of benzene rings is 3. The van der Waals surface area contributed by atoms with E-state index in [1.54, 1.807) is 7.11 Å². The Morgan fingerprint density at radius 3 is 2.62 bits per heavy atom. The van der Waals surface area contributed by atoms with Crippen LogP contribution in [0.3, 0.4) is 0 Å². The minimum Gasteiger partial charge on any atom is -0.497 e. The number of carbonyl (C=O) groups is 1. The predicted molar refractivity (Wildman–Crippen MR) is 105 cm³/mol. The normalized spacial score (nSPS) is 16.8. The van der Waals surface area contributed by atoms with Crippen molar-refractivity contribution < 1.29 is 9.53 Å². The van der Waals surface area contributed by atoms with E-state index in [2.05, 4.69) is 36.4 Å². The summed E-state index contributed by atoms with van der Waals surface area (Å²) in [5.74, 6) is 1.50. The second kappa shape index (κ2) is 7.20. The Kier molecular flexibility index (Phi) is 4.61. The molecule has 1 aliphatic heterocycles. The fraction of sp³-hybridized carbons (Fsp3) is 0.261. The second-order valence-electron chi connectivity index (χ2n) is 6.91. The summed E-state index contributed by atoms with van der Waals surface area (Å²) in [5, 5.41) is 2.37. The van der Waals surface area contributed by atoms with E-state index in [0.29, 0.717) is 12.3 Å². The summed E-state index contributed by atoms with van der Waals surface area (Å²) in [7, 11) is 1.68. The van der Waals surface area contributed by atoms with Crippen LogP contribution in [-0.4, -0.2) is 31.0 Å². The maximum absolute atomic E-state index is 12.8. The van der Waals surface area contributed by atoms with Gasteiger partial charge in [0, 0.05) is 19.0 Å². The number of ether oxygens (including phenoxy) is 1. The first-order valence-corrected chi connectivity index (χ1v) is 9.13. The lowest BCUT2D eigenvalue weighted by atomic mass is 9.98. The molecule has 1 atom stereocenters. The number of hydrogen-bond acceptors (Lipinski definition) is 2. The van der Waals surface area contributed by atoms with Gasteiger partial charge in [0.25, 0.3) is 0 Å². The highest BCUT2D eigenvalue weighted by Gasteiger charge is 2.27. The Morgan fingerprint density at radius 2 is 1.81 bits per heavy atom. The Balaban J connectivity index is 1.45. The summed E-state index contributed by atoms with van der Waals surface area (Å²) in [6.45, 7) is 1.64. The summed E-state index contributed by atoms with van der Waals surface area (Å²) in [6.07, 6.45) is 1.49. The molecule has 0 bridgehead atoms. The number of amides is 1. The van der Waals surface area contributed by atoms with E-state index in [0.717, 1.165) is 30.8 Å². The van der Waals surface area contributed by atoms with Gasteiger partial charge in [0.15, 0.2) is 0 Å². The number of rotatable bonds is 4. The SMILES string of the molecule is COc1ccc([C@@H]2CCN(C(=O)Cc3cccc4ccccc34)C2)cc1. The van der Waals surface area contributed by atoms with Crippen molar-refractivity contribution in [1.82, 2.24) is 4.90 Å². The van der Waals surface area contributed by atoms with Crippen LogP contribution in [0.15, 0.2) is 66.7 Å². The van der Waals surface area contributed by atoms with Crippen molar-refractivity contribution in [2.45, 2.75) is 18.8 Å². The van der Waals surface area contributed by atoms with E-state index in [4.69, 9.17) is 4.74 Å². The van der Waals surface area contributed by atoms with Crippen molar-refractivity contribution in [3.05, 3.63) is 77.9 Å². The molecule has 4 rings (SSSR count). The van der Waals surface area contributed by atoms with Gasteiger partial charge in [-0.1, -0.05) is 54.6 Å². The highest BCUT2D eigenvalue weighted by molar-refractivity contribution is 5.90. The smallest absolute Gasteiger partial charge is 0.227 e. The van der Waals surface area contributed by atoms with E-state index in [-0.39, 0.29) is 5.91 Å². The number of carbonyl (C=O) groups excluding carboxylic acids is 1. The Hall–Kier alpha value is -2.81. The number of fused-ring (bicyclic) bond motifs is 1. The number of methoxy groups -OCH3 is 1. The van der Waals surface area contributed by atoms with Crippen LogP contribution in [0.25, 0.3) is 10.8 Å². The first-order chi connectivity index (χ1) is 12.7. The fourth-order valence-electron chi connectivity index (χ4n) is 3.86. The summed E-state index contributed by atoms with van der Waals surface area (Å²) in [6, 6.07) is 22.7. The van der Waals surface area contributed by atoms with Gasteiger partial charge in [0.1, 0.15) is 5.75 Å². The van der Waals surface area contributed by atoms with Gasteiger partial charge in [-0.15, -0.1) is 0 Å². The van der Waals surface area contributed by atoms with Crippen LogP contribution in [0.2, 0.25) is 0 Å².